The van der Waals surface area contributed by atoms with Crippen molar-refractivity contribution < 1.29 is 23.0 Å². The van der Waals surface area contributed by atoms with Crippen LogP contribution in [0.2, 0.25) is 5.02 Å². The SMILES string of the molecule is COCC=Cc1cccc(C2(c3ccc(OC(F)F)c(Cl)c3)N=C(N)N(C)C2=O)c1. The van der Waals surface area contributed by atoms with E-state index >= 15 is 0 Å². The first-order valence-electron chi connectivity index (χ1n) is 8.94. The molecule has 1 amide bonds. The summed E-state index contributed by atoms with van der Waals surface area (Å²) in [6.07, 6.45) is 3.68. The maximum absolute atomic E-state index is 13.3. The molecule has 9 heteroatoms. The highest BCUT2D eigenvalue weighted by Gasteiger charge is 2.49. The smallest absolute Gasteiger partial charge is 0.387 e. The van der Waals surface area contributed by atoms with Gasteiger partial charge in [-0.3, -0.25) is 9.69 Å². The van der Waals surface area contributed by atoms with Crippen molar-refractivity contribution in [2.24, 2.45) is 10.7 Å². The van der Waals surface area contributed by atoms with Crippen molar-refractivity contribution >= 4 is 29.5 Å². The fourth-order valence-corrected chi connectivity index (χ4v) is 3.47. The standard InChI is InChI=1S/C21H20ClF2N3O3/c1-27-18(28)21(26-20(27)25,14-7-3-5-13(11-14)6-4-10-29-2)15-8-9-17(16(22)12-15)30-19(23)24/h3-9,11-12,19H,10H2,1-2H3,(H2,25,26). The molecule has 2 aromatic carbocycles. The predicted molar refractivity (Wildman–Crippen MR) is 111 cm³/mol. The number of ether oxygens (including phenoxy) is 2. The van der Waals surface area contributed by atoms with Crippen LogP contribution in [0, 0.1) is 0 Å². The molecule has 1 aliphatic heterocycles. The van der Waals surface area contributed by atoms with Crippen molar-refractivity contribution in [3.8, 4) is 5.75 Å². The van der Waals surface area contributed by atoms with Crippen LogP contribution in [0.15, 0.2) is 53.5 Å². The van der Waals surface area contributed by atoms with Crippen LogP contribution >= 0.6 is 11.6 Å². The number of nitrogens with zero attached hydrogens (tertiary/aromatic N) is 2. The van der Waals surface area contributed by atoms with Crippen molar-refractivity contribution in [1.29, 1.82) is 0 Å². The summed E-state index contributed by atoms with van der Waals surface area (Å²) < 4.78 is 34.6. The van der Waals surface area contributed by atoms with E-state index in [1.165, 1.54) is 30.1 Å². The zero-order valence-electron chi connectivity index (χ0n) is 16.3. The van der Waals surface area contributed by atoms with E-state index in [-0.39, 0.29) is 16.7 Å². The molecular formula is C21H20ClF2N3O3. The van der Waals surface area contributed by atoms with E-state index in [4.69, 9.17) is 22.1 Å². The molecule has 3 rings (SSSR count). The molecular weight excluding hydrogens is 416 g/mol. The fourth-order valence-electron chi connectivity index (χ4n) is 3.25. The molecule has 0 fully saturated rings. The minimum atomic E-state index is -3.02. The summed E-state index contributed by atoms with van der Waals surface area (Å²) in [5.74, 6) is -0.557. The average molecular weight is 436 g/mol. The number of benzene rings is 2. The van der Waals surface area contributed by atoms with Gasteiger partial charge in [-0.15, -0.1) is 0 Å². The van der Waals surface area contributed by atoms with Crippen LogP contribution in [0.3, 0.4) is 0 Å². The number of alkyl halides is 2. The number of nitrogens with two attached hydrogens (primary N) is 1. The van der Waals surface area contributed by atoms with Crippen LogP contribution in [0.25, 0.3) is 6.08 Å². The topological polar surface area (TPSA) is 77.2 Å². The molecule has 0 aliphatic carbocycles. The van der Waals surface area contributed by atoms with Gasteiger partial charge in [0.15, 0.2) is 11.5 Å². The second-order valence-electron chi connectivity index (χ2n) is 6.55. The Morgan fingerprint density at radius 2 is 2.00 bits per heavy atom. The van der Waals surface area contributed by atoms with E-state index in [9.17, 15) is 13.6 Å². The number of amides is 1. The van der Waals surface area contributed by atoms with Gasteiger partial charge in [0.25, 0.3) is 5.91 Å². The predicted octanol–water partition coefficient (Wildman–Crippen LogP) is 3.63. The van der Waals surface area contributed by atoms with Crippen LogP contribution in [-0.4, -0.2) is 44.1 Å². The molecule has 0 saturated heterocycles. The molecule has 6 nitrogen and oxygen atoms in total. The molecule has 1 unspecified atom stereocenters. The molecule has 1 heterocycles. The Hall–Kier alpha value is -2.97. The second kappa shape index (κ2) is 8.81. The van der Waals surface area contributed by atoms with Crippen molar-refractivity contribution in [3.05, 3.63) is 70.3 Å². The number of hydrogen-bond donors (Lipinski definition) is 1. The van der Waals surface area contributed by atoms with Gasteiger partial charge in [0.1, 0.15) is 5.75 Å². The zero-order valence-corrected chi connectivity index (χ0v) is 17.1. The summed E-state index contributed by atoms with van der Waals surface area (Å²) in [4.78, 5) is 19.0. The Morgan fingerprint density at radius 1 is 1.27 bits per heavy atom. The maximum Gasteiger partial charge on any atom is 0.387 e. The lowest BCUT2D eigenvalue weighted by Gasteiger charge is -2.27. The fraction of sp³-hybridized carbons (Fsp3) is 0.238. The second-order valence-corrected chi connectivity index (χ2v) is 6.96. The van der Waals surface area contributed by atoms with Gasteiger partial charge >= 0.3 is 6.61 Å². The molecule has 0 aromatic heterocycles. The minimum Gasteiger partial charge on any atom is -0.433 e. The number of aliphatic imine (C=N–C) groups is 1. The number of rotatable bonds is 7. The normalized spacial score (nSPS) is 19.1. The van der Waals surface area contributed by atoms with Crippen LogP contribution < -0.4 is 10.5 Å². The Labute approximate surface area is 177 Å². The third-order valence-electron chi connectivity index (χ3n) is 4.68. The van der Waals surface area contributed by atoms with Crippen molar-refractivity contribution in [2.75, 3.05) is 20.8 Å². The van der Waals surface area contributed by atoms with Gasteiger partial charge in [-0.05, 0) is 34.9 Å². The first-order chi connectivity index (χ1) is 14.3. The highest BCUT2D eigenvalue weighted by molar-refractivity contribution is 6.32. The van der Waals surface area contributed by atoms with E-state index in [0.29, 0.717) is 17.7 Å². The Kier molecular flexibility index (Phi) is 6.38. The van der Waals surface area contributed by atoms with Gasteiger partial charge in [-0.2, -0.15) is 8.78 Å². The van der Waals surface area contributed by atoms with Gasteiger partial charge in [-0.1, -0.05) is 48.0 Å². The largest absolute Gasteiger partial charge is 0.433 e. The molecule has 0 saturated carbocycles. The number of carbonyl (C=O) groups excluding carboxylic acids is 1. The molecule has 0 spiro atoms. The first kappa shape index (κ1) is 21.7. The highest BCUT2D eigenvalue weighted by Crippen LogP contribution is 2.42. The van der Waals surface area contributed by atoms with Gasteiger partial charge in [0.05, 0.1) is 11.6 Å². The first-order valence-corrected chi connectivity index (χ1v) is 9.31. The molecule has 30 heavy (non-hydrogen) atoms. The summed E-state index contributed by atoms with van der Waals surface area (Å²) in [6.45, 7) is -2.59. The monoisotopic (exact) mass is 435 g/mol. The lowest BCUT2D eigenvalue weighted by Crippen LogP contribution is -2.41. The van der Waals surface area contributed by atoms with E-state index < -0.39 is 18.1 Å². The molecule has 2 aromatic rings. The summed E-state index contributed by atoms with van der Waals surface area (Å²) in [5, 5.41) is -0.0700. The number of likely N-dealkylation sites (N-methyl/N-ethyl adjacent to an activating group) is 1. The molecule has 1 aliphatic rings. The lowest BCUT2D eigenvalue weighted by molar-refractivity contribution is -0.129. The summed E-state index contributed by atoms with van der Waals surface area (Å²) in [6, 6.07) is 11.4. The number of halogens is 3. The van der Waals surface area contributed by atoms with E-state index in [0.717, 1.165) is 5.56 Å². The molecule has 0 bridgehead atoms. The highest BCUT2D eigenvalue weighted by atomic mass is 35.5. The summed E-state index contributed by atoms with van der Waals surface area (Å²) >= 11 is 6.15. The Balaban J connectivity index is 2.15. The third kappa shape index (κ3) is 4.01. The van der Waals surface area contributed by atoms with Gasteiger partial charge in [-0.25, -0.2) is 4.99 Å². The number of hydrogen-bond acceptors (Lipinski definition) is 5. The number of methoxy groups -OCH3 is 1. The van der Waals surface area contributed by atoms with Crippen molar-refractivity contribution in [2.45, 2.75) is 12.2 Å². The van der Waals surface area contributed by atoms with Gasteiger partial charge in [0, 0.05) is 14.2 Å². The van der Waals surface area contributed by atoms with Crippen LogP contribution in [-0.2, 0) is 15.1 Å². The quantitative estimate of drug-likeness (QED) is 0.720. The van der Waals surface area contributed by atoms with Crippen LogP contribution in [0.4, 0.5) is 8.78 Å². The van der Waals surface area contributed by atoms with E-state index in [2.05, 4.69) is 9.73 Å². The van der Waals surface area contributed by atoms with E-state index in [1.54, 1.807) is 25.3 Å². The van der Waals surface area contributed by atoms with Crippen molar-refractivity contribution in [3.63, 3.8) is 0 Å². The third-order valence-corrected chi connectivity index (χ3v) is 4.98. The zero-order chi connectivity index (χ0) is 21.9. The minimum absolute atomic E-state index is 0.0318. The number of carbonyl (C=O) groups is 1. The molecule has 0 radical (unpaired) electrons. The summed E-state index contributed by atoms with van der Waals surface area (Å²) in [7, 11) is 3.10. The van der Waals surface area contributed by atoms with Gasteiger partial charge in [0.2, 0.25) is 0 Å². The molecule has 158 valence electrons. The lowest BCUT2D eigenvalue weighted by atomic mass is 9.82. The van der Waals surface area contributed by atoms with Crippen LogP contribution in [0.5, 0.6) is 5.75 Å². The van der Waals surface area contributed by atoms with Gasteiger partial charge < -0.3 is 15.2 Å². The number of guanidine groups is 1. The summed E-state index contributed by atoms with van der Waals surface area (Å²) in [5.41, 5.74) is 6.21. The maximum atomic E-state index is 13.3. The Morgan fingerprint density at radius 3 is 2.60 bits per heavy atom. The van der Waals surface area contributed by atoms with E-state index in [1.807, 2.05) is 18.2 Å². The van der Waals surface area contributed by atoms with Crippen LogP contribution in [0.1, 0.15) is 16.7 Å². The van der Waals surface area contributed by atoms with Crippen molar-refractivity contribution in [1.82, 2.24) is 4.90 Å². The molecule has 2 N–H and O–H groups in total. The Bertz CT molecular complexity index is 1010. The average Bonchev–Trinajstić information content (AvgIpc) is 2.94. The molecule has 1 atom stereocenters.